The number of thiazole rings is 1. The number of carbonyl (C=O) groups excluding carboxylic acids is 2. The number of aryl methyl sites for hydroxylation is 1. The molecule has 1 saturated heterocycles. The van der Waals surface area contributed by atoms with E-state index in [1.165, 1.54) is 23.2 Å². The van der Waals surface area contributed by atoms with Crippen LogP contribution in [0.15, 0.2) is 46.4 Å². The lowest BCUT2D eigenvalue weighted by Gasteiger charge is -2.31. The molecule has 7 heteroatoms. The molecule has 1 aliphatic rings. The van der Waals surface area contributed by atoms with Gasteiger partial charge in [0.2, 0.25) is 0 Å². The van der Waals surface area contributed by atoms with Crippen LogP contribution >= 0.6 is 11.3 Å². The minimum absolute atomic E-state index is 0.0338. The highest BCUT2D eigenvalue weighted by Crippen LogP contribution is 2.27. The third-order valence-electron chi connectivity index (χ3n) is 5.73. The van der Waals surface area contributed by atoms with Gasteiger partial charge in [-0.2, -0.15) is 0 Å². The first-order chi connectivity index (χ1) is 14.9. The van der Waals surface area contributed by atoms with Crippen molar-refractivity contribution in [2.24, 2.45) is 0 Å². The summed E-state index contributed by atoms with van der Waals surface area (Å²) in [5.74, 6) is 0.598. The van der Waals surface area contributed by atoms with Gasteiger partial charge < -0.3 is 14.6 Å². The van der Waals surface area contributed by atoms with Crippen molar-refractivity contribution in [3.05, 3.63) is 64.6 Å². The number of hydrogen-bond donors (Lipinski definition) is 1. The molecule has 162 valence electrons. The normalized spacial score (nSPS) is 14.8. The van der Waals surface area contributed by atoms with Gasteiger partial charge in [-0.15, -0.1) is 11.3 Å². The zero-order valence-corrected chi connectivity index (χ0v) is 18.9. The molecule has 2 aromatic heterocycles. The summed E-state index contributed by atoms with van der Waals surface area (Å²) in [5, 5.41) is 5.71. The number of carbonyl (C=O) groups is 2. The van der Waals surface area contributed by atoms with E-state index >= 15 is 0 Å². The molecular weight excluding hydrogens is 410 g/mol. The van der Waals surface area contributed by atoms with Gasteiger partial charge >= 0.3 is 0 Å². The number of hydrogen-bond acceptors (Lipinski definition) is 5. The summed E-state index contributed by atoms with van der Waals surface area (Å²) in [4.78, 5) is 31.7. The fraction of sp³-hybridized carbons (Fsp3) is 0.375. The van der Waals surface area contributed by atoms with Crippen molar-refractivity contribution in [3.63, 3.8) is 0 Å². The summed E-state index contributed by atoms with van der Waals surface area (Å²) >= 11 is 1.49. The number of nitrogens with zero attached hydrogens (tertiary/aromatic N) is 2. The second-order valence-electron chi connectivity index (χ2n) is 8.29. The summed E-state index contributed by atoms with van der Waals surface area (Å²) in [6.45, 7) is 7.37. The molecule has 0 aliphatic carbocycles. The molecule has 0 atom stereocenters. The van der Waals surface area contributed by atoms with Crippen LogP contribution in [0.1, 0.15) is 64.8 Å². The molecule has 1 aliphatic heterocycles. The largest absolute Gasteiger partial charge is 0.459 e. The molecule has 0 unspecified atom stereocenters. The van der Waals surface area contributed by atoms with Crippen molar-refractivity contribution in [2.45, 2.75) is 45.6 Å². The third-order valence-corrected chi connectivity index (χ3v) is 6.62. The average Bonchev–Trinajstić information content (AvgIpc) is 3.43. The van der Waals surface area contributed by atoms with Gasteiger partial charge in [-0.25, -0.2) is 4.98 Å². The number of furan rings is 1. The Kier molecular flexibility index (Phi) is 6.23. The van der Waals surface area contributed by atoms with Gasteiger partial charge in [-0.3, -0.25) is 9.59 Å². The van der Waals surface area contributed by atoms with Crippen LogP contribution in [0.3, 0.4) is 0 Å². The Morgan fingerprint density at radius 2 is 1.87 bits per heavy atom. The number of benzene rings is 1. The Bertz CT molecular complexity index is 1060. The summed E-state index contributed by atoms with van der Waals surface area (Å²) < 4.78 is 5.26. The summed E-state index contributed by atoms with van der Waals surface area (Å²) in [5.41, 5.74) is 3.63. The van der Waals surface area contributed by atoms with Gasteiger partial charge in [-0.05, 0) is 37.3 Å². The van der Waals surface area contributed by atoms with Gasteiger partial charge in [0.05, 0.1) is 6.26 Å². The molecule has 2 amide bonds. The number of aromatic nitrogens is 1. The van der Waals surface area contributed by atoms with Crippen molar-refractivity contribution >= 4 is 23.2 Å². The van der Waals surface area contributed by atoms with Gasteiger partial charge in [-0.1, -0.05) is 38.1 Å². The molecule has 1 aromatic carbocycles. The smallest absolute Gasteiger partial charge is 0.287 e. The fourth-order valence-electron chi connectivity index (χ4n) is 3.76. The first-order valence-electron chi connectivity index (χ1n) is 10.6. The lowest BCUT2D eigenvalue weighted by molar-refractivity contribution is 0.0691. The molecule has 1 N–H and O–H groups in total. The maximum absolute atomic E-state index is 12.9. The highest BCUT2D eigenvalue weighted by Gasteiger charge is 2.27. The van der Waals surface area contributed by atoms with Crippen LogP contribution in [0.5, 0.6) is 0 Å². The Morgan fingerprint density at radius 1 is 1.16 bits per heavy atom. The van der Waals surface area contributed by atoms with E-state index in [0.29, 0.717) is 43.3 Å². The fourth-order valence-corrected chi connectivity index (χ4v) is 4.56. The molecule has 3 heterocycles. The van der Waals surface area contributed by atoms with E-state index in [2.05, 4.69) is 48.4 Å². The van der Waals surface area contributed by atoms with Crippen molar-refractivity contribution < 1.29 is 14.0 Å². The Hall–Kier alpha value is -2.93. The third kappa shape index (κ3) is 4.71. The maximum atomic E-state index is 12.9. The van der Waals surface area contributed by atoms with Crippen molar-refractivity contribution in [3.8, 4) is 10.6 Å². The lowest BCUT2D eigenvalue weighted by atomic mass is 10.0. The second-order valence-corrected chi connectivity index (χ2v) is 9.15. The van der Waals surface area contributed by atoms with Gasteiger partial charge in [0, 0.05) is 35.6 Å². The van der Waals surface area contributed by atoms with E-state index in [0.717, 1.165) is 16.1 Å². The molecule has 1 fully saturated rings. The van der Waals surface area contributed by atoms with Crippen LogP contribution in [0.2, 0.25) is 0 Å². The molecule has 31 heavy (non-hydrogen) atoms. The molecule has 0 radical (unpaired) electrons. The van der Waals surface area contributed by atoms with E-state index in [-0.39, 0.29) is 17.9 Å². The number of nitrogens with one attached hydrogen (secondary N) is 1. The molecule has 0 spiro atoms. The van der Waals surface area contributed by atoms with Crippen LogP contribution in [0.25, 0.3) is 10.6 Å². The first kappa shape index (κ1) is 21.3. The predicted octanol–water partition coefficient (Wildman–Crippen LogP) is 4.87. The van der Waals surface area contributed by atoms with E-state index in [1.54, 1.807) is 6.07 Å². The predicted molar refractivity (Wildman–Crippen MR) is 121 cm³/mol. The van der Waals surface area contributed by atoms with Crippen LogP contribution in [0.4, 0.5) is 0 Å². The van der Waals surface area contributed by atoms with Crippen molar-refractivity contribution in [1.29, 1.82) is 0 Å². The Balaban J connectivity index is 1.34. The molecule has 4 rings (SSSR count). The van der Waals surface area contributed by atoms with Crippen molar-refractivity contribution in [2.75, 3.05) is 13.1 Å². The lowest BCUT2D eigenvalue weighted by Crippen LogP contribution is -2.46. The Labute approximate surface area is 186 Å². The first-order valence-corrected chi connectivity index (χ1v) is 11.5. The molecule has 0 saturated carbocycles. The van der Waals surface area contributed by atoms with Crippen LogP contribution in [-0.2, 0) is 0 Å². The number of rotatable bonds is 5. The summed E-state index contributed by atoms with van der Waals surface area (Å²) in [6.07, 6.45) is 2.95. The second kappa shape index (κ2) is 9.06. The van der Waals surface area contributed by atoms with Gasteiger partial charge in [0.15, 0.2) is 5.76 Å². The SMILES string of the molecule is Cc1ccoc1C(=O)NC1CCN(C(=O)c2csc(-c3ccc(C(C)C)cc3)n2)CC1. The monoisotopic (exact) mass is 437 g/mol. The Morgan fingerprint density at radius 3 is 2.48 bits per heavy atom. The molecule has 0 bridgehead atoms. The minimum Gasteiger partial charge on any atom is -0.459 e. The summed E-state index contributed by atoms with van der Waals surface area (Å²) in [7, 11) is 0. The molecule has 6 nitrogen and oxygen atoms in total. The molecule has 3 aromatic rings. The average molecular weight is 438 g/mol. The number of piperidine rings is 1. The minimum atomic E-state index is -0.195. The van der Waals surface area contributed by atoms with Crippen molar-refractivity contribution in [1.82, 2.24) is 15.2 Å². The van der Waals surface area contributed by atoms with E-state index in [1.807, 2.05) is 17.2 Å². The zero-order valence-electron chi connectivity index (χ0n) is 18.1. The van der Waals surface area contributed by atoms with Gasteiger partial charge in [0.25, 0.3) is 11.8 Å². The van der Waals surface area contributed by atoms with E-state index < -0.39 is 0 Å². The summed E-state index contributed by atoms with van der Waals surface area (Å²) in [6, 6.07) is 10.2. The van der Waals surface area contributed by atoms with E-state index in [4.69, 9.17) is 4.42 Å². The highest BCUT2D eigenvalue weighted by atomic mass is 32.1. The number of likely N-dealkylation sites (tertiary alicyclic amines) is 1. The quantitative estimate of drug-likeness (QED) is 0.618. The topological polar surface area (TPSA) is 75.4 Å². The van der Waals surface area contributed by atoms with Crippen LogP contribution < -0.4 is 5.32 Å². The zero-order chi connectivity index (χ0) is 22.0. The van der Waals surface area contributed by atoms with Crippen LogP contribution in [-0.4, -0.2) is 40.8 Å². The standard InChI is InChI=1S/C24H27N3O3S/c1-15(2)17-4-6-18(7-5-17)23-26-20(14-31-23)24(29)27-11-8-19(9-12-27)25-22(28)21-16(3)10-13-30-21/h4-7,10,13-15,19H,8-9,11-12H2,1-3H3,(H,25,28). The molecular formula is C24H27N3O3S. The van der Waals surface area contributed by atoms with Gasteiger partial charge in [0.1, 0.15) is 10.7 Å². The number of amides is 2. The highest BCUT2D eigenvalue weighted by molar-refractivity contribution is 7.13. The maximum Gasteiger partial charge on any atom is 0.287 e. The van der Waals surface area contributed by atoms with Crippen LogP contribution in [0, 0.1) is 6.92 Å². The van der Waals surface area contributed by atoms with E-state index in [9.17, 15) is 9.59 Å².